The van der Waals surface area contributed by atoms with Crippen LogP contribution in [0.2, 0.25) is 0 Å². The van der Waals surface area contributed by atoms with Crippen LogP contribution < -0.4 is 10.6 Å². The number of nitrogens with one attached hydrogen (secondary N) is 2. The molecule has 1 fully saturated rings. The van der Waals surface area contributed by atoms with Crippen LogP contribution in [-0.4, -0.2) is 40.1 Å². The van der Waals surface area contributed by atoms with Gasteiger partial charge in [0, 0.05) is 30.4 Å². The zero-order valence-electron chi connectivity index (χ0n) is 17.0. The van der Waals surface area contributed by atoms with E-state index in [-0.39, 0.29) is 28.7 Å². The van der Waals surface area contributed by atoms with Gasteiger partial charge < -0.3 is 15.5 Å². The van der Waals surface area contributed by atoms with Crippen molar-refractivity contribution in [3.8, 4) is 0 Å². The van der Waals surface area contributed by atoms with Crippen LogP contribution in [0.4, 0.5) is 20.6 Å². The zero-order valence-corrected chi connectivity index (χ0v) is 17.8. The highest BCUT2D eigenvalue weighted by atomic mass is 32.1. The summed E-state index contributed by atoms with van der Waals surface area (Å²) in [6, 6.07) is 13.1. The molecule has 0 unspecified atom stereocenters. The van der Waals surface area contributed by atoms with Crippen molar-refractivity contribution in [3.63, 3.8) is 0 Å². The Bertz CT molecular complexity index is 1060. The van der Waals surface area contributed by atoms with Crippen LogP contribution >= 0.6 is 11.3 Å². The molecule has 1 aliphatic rings. The molecule has 1 aromatic heterocycles. The van der Waals surface area contributed by atoms with Crippen LogP contribution in [0.25, 0.3) is 0 Å². The summed E-state index contributed by atoms with van der Waals surface area (Å²) in [6.07, 6.45) is 1.52. The average Bonchev–Trinajstić information content (AvgIpc) is 3.27. The van der Waals surface area contributed by atoms with E-state index in [1.165, 1.54) is 35.6 Å². The van der Waals surface area contributed by atoms with Gasteiger partial charge in [0.05, 0.1) is 0 Å². The van der Waals surface area contributed by atoms with E-state index in [0.29, 0.717) is 18.8 Å². The van der Waals surface area contributed by atoms with Crippen molar-refractivity contribution in [2.24, 2.45) is 0 Å². The van der Waals surface area contributed by atoms with Gasteiger partial charge in [-0.25, -0.2) is 9.18 Å². The van der Waals surface area contributed by atoms with Gasteiger partial charge in [-0.1, -0.05) is 29.0 Å². The fraction of sp³-hybridized carbons (Fsp3) is 0.273. The molecule has 3 aromatic rings. The number of halogens is 1. The van der Waals surface area contributed by atoms with E-state index in [9.17, 15) is 14.0 Å². The zero-order chi connectivity index (χ0) is 21.8. The van der Waals surface area contributed by atoms with Gasteiger partial charge in [-0.15, -0.1) is 10.2 Å². The van der Waals surface area contributed by atoms with Crippen LogP contribution in [0, 0.1) is 12.7 Å². The van der Waals surface area contributed by atoms with Gasteiger partial charge in [-0.05, 0) is 56.2 Å². The third-order valence-corrected chi connectivity index (χ3v) is 6.26. The van der Waals surface area contributed by atoms with Crippen LogP contribution in [-0.2, 0) is 0 Å². The van der Waals surface area contributed by atoms with Gasteiger partial charge in [0.1, 0.15) is 10.8 Å². The van der Waals surface area contributed by atoms with Crippen molar-refractivity contribution in [1.29, 1.82) is 0 Å². The van der Waals surface area contributed by atoms with Gasteiger partial charge >= 0.3 is 6.03 Å². The third-order valence-electron chi connectivity index (χ3n) is 5.17. The van der Waals surface area contributed by atoms with E-state index in [2.05, 4.69) is 20.8 Å². The van der Waals surface area contributed by atoms with Crippen molar-refractivity contribution in [1.82, 2.24) is 15.1 Å². The third kappa shape index (κ3) is 5.24. The Hall–Kier alpha value is -3.33. The molecular weight excluding hydrogens is 417 g/mol. The Labute approximate surface area is 183 Å². The average molecular weight is 440 g/mol. The van der Waals surface area contributed by atoms with E-state index >= 15 is 0 Å². The summed E-state index contributed by atoms with van der Waals surface area (Å²) in [4.78, 5) is 26.7. The fourth-order valence-corrected chi connectivity index (χ4v) is 4.29. The number of urea groups is 1. The maximum absolute atomic E-state index is 13.0. The minimum atomic E-state index is -0.370. The highest BCUT2D eigenvalue weighted by molar-refractivity contribution is 7.13. The number of carbonyl (C=O) groups excluding carboxylic acids is 2. The molecular formula is C22H22FN5O2S. The Balaban J connectivity index is 1.30. The first-order valence-electron chi connectivity index (χ1n) is 10.0. The topological polar surface area (TPSA) is 87.2 Å². The van der Waals surface area contributed by atoms with Crippen LogP contribution in [0.15, 0.2) is 48.5 Å². The maximum Gasteiger partial charge on any atom is 0.321 e. The van der Waals surface area contributed by atoms with Crippen LogP contribution in [0.3, 0.4) is 0 Å². The second-order valence-electron chi connectivity index (χ2n) is 7.46. The molecule has 1 saturated heterocycles. The summed E-state index contributed by atoms with van der Waals surface area (Å²) in [7, 11) is 0. The Morgan fingerprint density at radius 2 is 1.58 bits per heavy atom. The van der Waals surface area contributed by atoms with E-state index < -0.39 is 0 Å². The molecule has 0 spiro atoms. The molecule has 31 heavy (non-hydrogen) atoms. The lowest BCUT2D eigenvalue weighted by Crippen LogP contribution is -2.40. The van der Waals surface area contributed by atoms with E-state index in [0.717, 1.165) is 29.1 Å². The number of hydrogen-bond donors (Lipinski definition) is 2. The molecule has 2 N–H and O–H groups in total. The molecule has 0 aliphatic carbocycles. The second-order valence-corrected chi connectivity index (χ2v) is 8.47. The first-order chi connectivity index (χ1) is 15.0. The van der Waals surface area contributed by atoms with Gasteiger partial charge in [0.2, 0.25) is 5.01 Å². The molecule has 0 radical (unpaired) electrons. The van der Waals surface area contributed by atoms with E-state index in [1.54, 1.807) is 4.90 Å². The van der Waals surface area contributed by atoms with Gasteiger partial charge in [0.15, 0.2) is 0 Å². The Kier molecular flexibility index (Phi) is 6.22. The van der Waals surface area contributed by atoms with Crippen molar-refractivity contribution >= 4 is 34.6 Å². The molecule has 0 saturated carbocycles. The number of carbonyl (C=O) groups is 2. The lowest BCUT2D eigenvalue weighted by Gasteiger charge is -2.31. The maximum atomic E-state index is 13.0. The second kappa shape index (κ2) is 9.22. The van der Waals surface area contributed by atoms with Crippen molar-refractivity contribution in [3.05, 3.63) is 69.9 Å². The van der Waals surface area contributed by atoms with Crippen LogP contribution in [0.5, 0.6) is 0 Å². The molecule has 0 bridgehead atoms. The molecule has 160 valence electrons. The number of piperidine rings is 1. The Morgan fingerprint density at radius 3 is 2.26 bits per heavy atom. The summed E-state index contributed by atoms with van der Waals surface area (Å²) >= 11 is 1.26. The molecule has 2 heterocycles. The predicted octanol–water partition coefficient (Wildman–Crippen LogP) is 4.65. The quantitative estimate of drug-likeness (QED) is 0.620. The van der Waals surface area contributed by atoms with Crippen molar-refractivity contribution in [2.75, 3.05) is 23.7 Å². The van der Waals surface area contributed by atoms with Gasteiger partial charge in [-0.3, -0.25) is 4.79 Å². The molecule has 1 aliphatic heterocycles. The highest BCUT2D eigenvalue weighted by Gasteiger charge is 2.27. The first kappa shape index (κ1) is 20.9. The summed E-state index contributed by atoms with van der Waals surface area (Å²) in [5.74, 6) is -0.575. The first-order valence-corrected chi connectivity index (χ1v) is 10.8. The number of rotatable bonds is 4. The number of amides is 3. The number of aryl methyl sites for hydroxylation is 1. The normalized spacial score (nSPS) is 14.3. The summed E-state index contributed by atoms with van der Waals surface area (Å²) < 4.78 is 13.0. The fourth-order valence-electron chi connectivity index (χ4n) is 3.38. The Morgan fingerprint density at radius 1 is 0.968 bits per heavy atom. The van der Waals surface area contributed by atoms with Gasteiger partial charge in [-0.2, -0.15) is 0 Å². The minimum absolute atomic E-state index is 0.112. The molecule has 0 atom stereocenters. The number of anilines is 2. The lowest BCUT2D eigenvalue weighted by molar-refractivity contribution is 0.102. The lowest BCUT2D eigenvalue weighted by atomic mass is 9.98. The summed E-state index contributed by atoms with van der Waals surface area (Å²) in [6.45, 7) is 3.22. The summed E-state index contributed by atoms with van der Waals surface area (Å²) in [5, 5.41) is 14.9. The summed E-state index contributed by atoms with van der Waals surface area (Å²) in [5.41, 5.74) is 2.41. The van der Waals surface area contributed by atoms with E-state index in [4.69, 9.17) is 0 Å². The standard InChI is InChI=1S/C22H22FN5O2S/c1-14-2-6-18(7-3-14)25-22(30)28-12-10-15(11-13-28)20-26-27-21(31-20)19(29)24-17-8-4-16(23)5-9-17/h2-9,15H,10-13H2,1H3,(H,24,29)(H,25,30). The molecule has 2 aromatic carbocycles. The minimum Gasteiger partial charge on any atom is -0.324 e. The van der Waals surface area contributed by atoms with E-state index in [1.807, 2.05) is 31.2 Å². The number of likely N-dealkylation sites (tertiary alicyclic amines) is 1. The van der Waals surface area contributed by atoms with Crippen molar-refractivity contribution in [2.45, 2.75) is 25.7 Å². The monoisotopic (exact) mass is 439 g/mol. The highest BCUT2D eigenvalue weighted by Crippen LogP contribution is 2.30. The van der Waals surface area contributed by atoms with Crippen LogP contribution in [0.1, 0.15) is 39.1 Å². The molecule has 3 amide bonds. The van der Waals surface area contributed by atoms with Crippen molar-refractivity contribution < 1.29 is 14.0 Å². The SMILES string of the molecule is Cc1ccc(NC(=O)N2CCC(c3nnc(C(=O)Nc4ccc(F)cc4)s3)CC2)cc1. The number of benzene rings is 2. The predicted molar refractivity (Wildman–Crippen MR) is 118 cm³/mol. The molecule has 7 nitrogen and oxygen atoms in total. The number of nitrogens with zero attached hydrogens (tertiary/aromatic N) is 3. The molecule has 9 heteroatoms. The number of hydrogen-bond acceptors (Lipinski definition) is 5. The largest absolute Gasteiger partial charge is 0.324 e. The molecule has 4 rings (SSSR count). The van der Waals surface area contributed by atoms with Gasteiger partial charge in [0.25, 0.3) is 5.91 Å². The smallest absolute Gasteiger partial charge is 0.321 e. The number of aromatic nitrogens is 2.